The Balaban J connectivity index is 2.08. The Morgan fingerprint density at radius 2 is 0.818 bits per heavy atom. The van der Waals surface area contributed by atoms with Crippen LogP contribution in [0.25, 0.3) is 22.3 Å². The summed E-state index contributed by atoms with van der Waals surface area (Å²) in [4.78, 5) is 0. The Morgan fingerprint density at radius 1 is 0.500 bits per heavy atom. The standard InChI is InChI=1S/C20H16Br2/c1-13-3-7-15(8-4-13)17-11-12-18(20(22)19(17)21)16-9-5-14(2)6-10-16/h3-12H,1-2H3. The molecule has 0 radical (unpaired) electrons. The molecule has 3 rings (SSSR count). The molecular formula is C20H16Br2. The molecule has 22 heavy (non-hydrogen) atoms. The van der Waals surface area contributed by atoms with Gasteiger partial charge in [-0.3, -0.25) is 0 Å². The molecule has 0 unspecified atom stereocenters. The monoisotopic (exact) mass is 414 g/mol. The molecule has 0 aliphatic heterocycles. The predicted octanol–water partition coefficient (Wildman–Crippen LogP) is 7.16. The second kappa shape index (κ2) is 6.39. The van der Waals surface area contributed by atoms with E-state index in [0.717, 1.165) is 8.95 Å². The Hall–Kier alpha value is -1.38. The molecule has 110 valence electrons. The van der Waals surface area contributed by atoms with Gasteiger partial charge in [-0.1, -0.05) is 71.8 Å². The molecule has 0 bridgehead atoms. The molecule has 0 aliphatic carbocycles. The lowest BCUT2D eigenvalue weighted by Crippen LogP contribution is -1.87. The summed E-state index contributed by atoms with van der Waals surface area (Å²) in [7, 11) is 0. The van der Waals surface area contributed by atoms with Crippen molar-refractivity contribution in [3.8, 4) is 22.3 Å². The highest BCUT2D eigenvalue weighted by molar-refractivity contribution is 9.13. The van der Waals surface area contributed by atoms with Crippen molar-refractivity contribution in [2.24, 2.45) is 0 Å². The van der Waals surface area contributed by atoms with Crippen molar-refractivity contribution >= 4 is 31.9 Å². The minimum absolute atomic E-state index is 1.09. The molecule has 0 saturated heterocycles. The zero-order chi connectivity index (χ0) is 15.7. The van der Waals surface area contributed by atoms with E-state index in [0.29, 0.717) is 0 Å². The highest BCUT2D eigenvalue weighted by Gasteiger charge is 2.12. The van der Waals surface area contributed by atoms with Crippen molar-refractivity contribution in [1.82, 2.24) is 0 Å². The molecule has 0 fully saturated rings. The van der Waals surface area contributed by atoms with Crippen LogP contribution in [0.2, 0.25) is 0 Å². The normalized spacial score (nSPS) is 10.7. The van der Waals surface area contributed by atoms with Gasteiger partial charge in [0.15, 0.2) is 0 Å². The molecule has 0 spiro atoms. The maximum atomic E-state index is 3.75. The van der Waals surface area contributed by atoms with Crippen molar-refractivity contribution in [2.45, 2.75) is 13.8 Å². The van der Waals surface area contributed by atoms with Crippen LogP contribution in [-0.2, 0) is 0 Å². The van der Waals surface area contributed by atoms with E-state index < -0.39 is 0 Å². The number of rotatable bonds is 2. The first-order valence-corrected chi connectivity index (χ1v) is 8.77. The second-order valence-electron chi connectivity index (χ2n) is 5.52. The second-order valence-corrected chi connectivity index (χ2v) is 7.11. The molecular weight excluding hydrogens is 400 g/mol. The summed E-state index contributed by atoms with van der Waals surface area (Å²) >= 11 is 7.50. The first kappa shape index (κ1) is 15.5. The maximum absolute atomic E-state index is 3.75. The van der Waals surface area contributed by atoms with Crippen molar-refractivity contribution in [2.75, 3.05) is 0 Å². The minimum Gasteiger partial charge on any atom is -0.0587 e. The van der Waals surface area contributed by atoms with Crippen LogP contribution in [0.4, 0.5) is 0 Å². The summed E-state index contributed by atoms with van der Waals surface area (Å²) in [6.07, 6.45) is 0. The van der Waals surface area contributed by atoms with Gasteiger partial charge in [0.25, 0.3) is 0 Å². The molecule has 0 heterocycles. The lowest BCUT2D eigenvalue weighted by atomic mass is 9.99. The van der Waals surface area contributed by atoms with Crippen LogP contribution >= 0.6 is 31.9 Å². The number of aryl methyl sites for hydroxylation is 2. The lowest BCUT2D eigenvalue weighted by Gasteiger charge is -2.12. The first-order chi connectivity index (χ1) is 10.6. The van der Waals surface area contributed by atoms with Crippen molar-refractivity contribution in [3.63, 3.8) is 0 Å². The summed E-state index contributed by atoms with van der Waals surface area (Å²) in [5.41, 5.74) is 7.37. The third-order valence-electron chi connectivity index (χ3n) is 3.81. The molecule has 0 atom stereocenters. The summed E-state index contributed by atoms with van der Waals surface area (Å²) in [6.45, 7) is 4.21. The first-order valence-electron chi connectivity index (χ1n) is 7.18. The van der Waals surface area contributed by atoms with E-state index in [1.54, 1.807) is 0 Å². The quantitative estimate of drug-likeness (QED) is 0.416. The number of hydrogen-bond donors (Lipinski definition) is 0. The Kier molecular flexibility index (Phi) is 4.51. The predicted molar refractivity (Wildman–Crippen MR) is 102 cm³/mol. The molecule has 3 aromatic rings. The van der Waals surface area contributed by atoms with Crippen molar-refractivity contribution in [1.29, 1.82) is 0 Å². The topological polar surface area (TPSA) is 0 Å². The van der Waals surface area contributed by atoms with Gasteiger partial charge in [0, 0.05) is 8.95 Å². The average molecular weight is 416 g/mol. The fraction of sp³-hybridized carbons (Fsp3) is 0.100. The number of hydrogen-bond acceptors (Lipinski definition) is 0. The summed E-state index contributed by atoms with van der Waals surface area (Å²) in [6, 6.07) is 21.6. The average Bonchev–Trinajstić information content (AvgIpc) is 2.52. The zero-order valence-corrected chi connectivity index (χ0v) is 15.7. The molecule has 0 aromatic heterocycles. The maximum Gasteiger partial charge on any atom is 0.0402 e. The van der Waals surface area contributed by atoms with Gasteiger partial charge in [-0.25, -0.2) is 0 Å². The van der Waals surface area contributed by atoms with E-state index in [9.17, 15) is 0 Å². The van der Waals surface area contributed by atoms with E-state index in [1.165, 1.54) is 33.4 Å². The zero-order valence-electron chi connectivity index (χ0n) is 12.5. The number of halogens is 2. The Morgan fingerprint density at radius 3 is 1.14 bits per heavy atom. The van der Waals surface area contributed by atoms with E-state index in [1.807, 2.05) is 0 Å². The van der Waals surface area contributed by atoms with E-state index >= 15 is 0 Å². The third-order valence-corrected chi connectivity index (χ3v) is 5.99. The molecule has 0 saturated carbocycles. The van der Waals surface area contributed by atoms with Gasteiger partial charge in [-0.05, 0) is 68.0 Å². The van der Waals surface area contributed by atoms with Gasteiger partial charge in [-0.15, -0.1) is 0 Å². The van der Waals surface area contributed by atoms with Crippen LogP contribution in [-0.4, -0.2) is 0 Å². The summed E-state index contributed by atoms with van der Waals surface area (Å²) in [5, 5.41) is 0. The molecule has 3 aromatic carbocycles. The highest BCUT2D eigenvalue weighted by atomic mass is 79.9. The van der Waals surface area contributed by atoms with Crippen molar-refractivity contribution in [3.05, 3.63) is 80.7 Å². The van der Waals surface area contributed by atoms with Crippen molar-refractivity contribution < 1.29 is 0 Å². The van der Waals surface area contributed by atoms with E-state index in [2.05, 4.69) is 106 Å². The fourth-order valence-corrected chi connectivity index (χ4v) is 3.61. The van der Waals surface area contributed by atoms with Gasteiger partial charge >= 0.3 is 0 Å². The number of benzene rings is 3. The summed E-state index contributed by atoms with van der Waals surface area (Å²) < 4.78 is 2.18. The SMILES string of the molecule is Cc1ccc(-c2ccc(-c3ccc(C)cc3)c(Br)c2Br)cc1. The molecule has 0 aliphatic rings. The van der Waals surface area contributed by atoms with E-state index in [-0.39, 0.29) is 0 Å². The highest BCUT2D eigenvalue weighted by Crippen LogP contribution is 2.40. The largest absolute Gasteiger partial charge is 0.0587 e. The third kappa shape index (κ3) is 3.04. The van der Waals surface area contributed by atoms with Crippen LogP contribution < -0.4 is 0 Å². The van der Waals surface area contributed by atoms with Crippen LogP contribution in [0.15, 0.2) is 69.6 Å². The minimum atomic E-state index is 1.09. The van der Waals surface area contributed by atoms with Gasteiger partial charge in [0.2, 0.25) is 0 Å². The smallest absolute Gasteiger partial charge is 0.0402 e. The molecule has 0 N–H and O–H groups in total. The van der Waals surface area contributed by atoms with Crippen LogP contribution in [0, 0.1) is 13.8 Å². The van der Waals surface area contributed by atoms with Gasteiger partial charge < -0.3 is 0 Å². The lowest BCUT2D eigenvalue weighted by molar-refractivity contribution is 1.45. The molecule has 0 nitrogen and oxygen atoms in total. The van der Waals surface area contributed by atoms with Gasteiger partial charge in [0.05, 0.1) is 0 Å². The Bertz CT molecular complexity index is 730. The van der Waals surface area contributed by atoms with E-state index in [4.69, 9.17) is 0 Å². The van der Waals surface area contributed by atoms with Crippen LogP contribution in [0.3, 0.4) is 0 Å². The molecule has 0 amide bonds. The van der Waals surface area contributed by atoms with Crippen LogP contribution in [0.5, 0.6) is 0 Å². The van der Waals surface area contributed by atoms with Gasteiger partial charge in [0.1, 0.15) is 0 Å². The van der Waals surface area contributed by atoms with Gasteiger partial charge in [-0.2, -0.15) is 0 Å². The fourth-order valence-electron chi connectivity index (χ4n) is 2.46. The van der Waals surface area contributed by atoms with Crippen LogP contribution in [0.1, 0.15) is 11.1 Å². The Labute approximate surface area is 148 Å². The summed E-state index contributed by atoms with van der Waals surface area (Å²) in [5.74, 6) is 0. The molecule has 2 heteroatoms.